The highest BCUT2D eigenvalue weighted by Crippen LogP contribution is 2.17. The number of aliphatic hydroxyl groups excluding tert-OH is 1. The maximum absolute atomic E-state index is 13.0. The lowest BCUT2D eigenvalue weighted by Crippen LogP contribution is -2.40. The van der Waals surface area contributed by atoms with Crippen LogP contribution in [0.3, 0.4) is 0 Å². The molecule has 0 saturated carbocycles. The second-order valence-corrected chi connectivity index (χ2v) is 6.66. The minimum Gasteiger partial charge on any atom is -0.387 e. The molecule has 1 N–H and O–H groups in total. The minimum atomic E-state index is -0.741. The predicted molar refractivity (Wildman–Crippen MR) is 88.6 cm³/mol. The smallest absolute Gasteiger partial charge is 0.229 e. The highest BCUT2D eigenvalue weighted by molar-refractivity contribution is 6.01. The monoisotopic (exact) mass is 336 g/mol. The van der Waals surface area contributed by atoms with Gasteiger partial charge in [-0.25, -0.2) is 4.39 Å². The Bertz CT molecular complexity index is 558. The molecule has 24 heavy (non-hydrogen) atoms. The van der Waals surface area contributed by atoms with Crippen molar-refractivity contribution in [2.75, 3.05) is 26.2 Å². The Kier molecular flexibility index (Phi) is 6.45. The van der Waals surface area contributed by atoms with E-state index in [2.05, 4.69) is 13.8 Å². The zero-order valence-corrected chi connectivity index (χ0v) is 14.2. The molecule has 0 radical (unpaired) electrons. The SMILES string of the molecule is CC(C)CN(CCN1C(=O)CCC1=O)CC(O)c1ccc(F)cc1. The molecule has 0 spiro atoms. The number of imide groups is 1. The van der Waals surface area contributed by atoms with Crippen LogP contribution in [0.25, 0.3) is 0 Å². The van der Waals surface area contributed by atoms with Crippen LogP contribution >= 0.6 is 0 Å². The van der Waals surface area contributed by atoms with Gasteiger partial charge in [-0.05, 0) is 23.6 Å². The van der Waals surface area contributed by atoms with Crippen molar-refractivity contribution in [3.05, 3.63) is 35.6 Å². The number of halogens is 1. The summed E-state index contributed by atoms with van der Waals surface area (Å²) in [6.07, 6.45) is -0.156. The quantitative estimate of drug-likeness (QED) is 0.737. The number of benzene rings is 1. The van der Waals surface area contributed by atoms with Gasteiger partial charge in [-0.1, -0.05) is 26.0 Å². The number of likely N-dealkylation sites (tertiary alicyclic amines) is 1. The fourth-order valence-electron chi connectivity index (χ4n) is 2.92. The lowest BCUT2D eigenvalue weighted by atomic mass is 10.1. The van der Waals surface area contributed by atoms with Crippen LogP contribution in [0.15, 0.2) is 24.3 Å². The van der Waals surface area contributed by atoms with Crippen molar-refractivity contribution >= 4 is 11.8 Å². The maximum Gasteiger partial charge on any atom is 0.229 e. The number of hydrogen-bond donors (Lipinski definition) is 1. The first-order chi connectivity index (χ1) is 11.4. The molecule has 0 aromatic heterocycles. The Balaban J connectivity index is 1.95. The summed E-state index contributed by atoms with van der Waals surface area (Å²) in [6, 6.07) is 5.79. The van der Waals surface area contributed by atoms with E-state index >= 15 is 0 Å². The number of aliphatic hydroxyl groups is 1. The van der Waals surface area contributed by atoms with Crippen LogP contribution in [0.4, 0.5) is 4.39 Å². The van der Waals surface area contributed by atoms with Crippen molar-refractivity contribution < 1.29 is 19.1 Å². The zero-order chi connectivity index (χ0) is 17.7. The number of rotatable bonds is 8. The highest BCUT2D eigenvalue weighted by Gasteiger charge is 2.29. The van der Waals surface area contributed by atoms with E-state index in [-0.39, 0.29) is 17.6 Å². The molecule has 1 aromatic rings. The topological polar surface area (TPSA) is 60.9 Å². The third-order valence-electron chi connectivity index (χ3n) is 4.10. The first kappa shape index (κ1) is 18.5. The summed E-state index contributed by atoms with van der Waals surface area (Å²) in [5.41, 5.74) is 0.651. The molecular weight excluding hydrogens is 311 g/mol. The Morgan fingerprint density at radius 3 is 2.25 bits per heavy atom. The summed E-state index contributed by atoms with van der Waals surface area (Å²) in [4.78, 5) is 26.7. The summed E-state index contributed by atoms with van der Waals surface area (Å²) in [6.45, 7) is 6.13. The molecule has 0 aliphatic carbocycles. The highest BCUT2D eigenvalue weighted by atomic mass is 19.1. The summed E-state index contributed by atoms with van der Waals surface area (Å²) in [5.74, 6) is -0.196. The van der Waals surface area contributed by atoms with Crippen LogP contribution in [0, 0.1) is 11.7 Å². The van der Waals surface area contributed by atoms with E-state index in [0.29, 0.717) is 44.0 Å². The van der Waals surface area contributed by atoms with E-state index in [1.165, 1.54) is 17.0 Å². The van der Waals surface area contributed by atoms with Crippen LogP contribution in [-0.2, 0) is 9.59 Å². The molecular formula is C18H25FN2O3. The van der Waals surface area contributed by atoms with E-state index < -0.39 is 6.10 Å². The van der Waals surface area contributed by atoms with Gasteiger partial charge in [0, 0.05) is 39.0 Å². The van der Waals surface area contributed by atoms with Crippen LogP contribution in [0.5, 0.6) is 0 Å². The Labute approximate surface area is 142 Å². The first-order valence-electron chi connectivity index (χ1n) is 8.36. The molecule has 2 rings (SSSR count). The average Bonchev–Trinajstić information content (AvgIpc) is 2.83. The van der Waals surface area contributed by atoms with Crippen molar-refractivity contribution in [1.82, 2.24) is 9.80 Å². The van der Waals surface area contributed by atoms with Crippen LogP contribution in [0.1, 0.15) is 38.4 Å². The molecule has 1 heterocycles. The van der Waals surface area contributed by atoms with Crippen LogP contribution in [0.2, 0.25) is 0 Å². The van der Waals surface area contributed by atoms with Gasteiger partial charge in [0.05, 0.1) is 6.10 Å². The Morgan fingerprint density at radius 1 is 1.12 bits per heavy atom. The summed E-state index contributed by atoms with van der Waals surface area (Å²) in [5, 5.41) is 10.4. The molecule has 1 saturated heterocycles. The Morgan fingerprint density at radius 2 is 1.71 bits per heavy atom. The molecule has 2 amide bonds. The molecule has 1 aromatic carbocycles. The van der Waals surface area contributed by atoms with E-state index in [4.69, 9.17) is 0 Å². The molecule has 5 nitrogen and oxygen atoms in total. The molecule has 1 unspecified atom stereocenters. The number of amides is 2. The lowest BCUT2D eigenvalue weighted by Gasteiger charge is -2.28. The third kappa shape index (κ3) is 5.11. The summed E-state index contributed by atoms with van der Waals surface area (Å²) < 4.78 is 13.0. The largest absolute Gasteiger partial charge is 0.387 e. The standard InChI is InChI=1S/C18H25FN2O3/c1-13(2)11-20(9-10-21-17(23)7-8-18(21)24)12-16(22)14-3-5-15(19)6-4-14/h3-6,13,16,22H,7-12H2,1-2H3. The van der Waals surface area contributed by atoms with E-state index in [1.807, 2.05) is 4.90 Å². The molecule has 1 aliphatic heterocycles. The van der Waals surface area contributed by atoms with Gasteiger partial charge in [-0.15, -0.1) is 0 Å². The summed E-state index contributed by atoms with van der Waals surface area (Å²) in [7, 11) is 0. The Hall–Kier alpha value is -1.79. The second-order valence-electron chi connectivity index (χ2n) is 6.66. The summed E-state index contributed by atoms with van der Waals surface area (Å²) >= 11 is 0. The zero-order valence-electron chi connectivity index (χ0n) is 14.2. The molecule has 1 aliphatic rings. The van der Waals surface area contributed by atoms with E-state index in [9.17, 15) is 19.1 Å². The fourth-order valence-corrected chi connectivity index (χ4v) is 2.92. The third-order valence-corrected chi connectivity index (χ3v) is 4.10. The van der Waals surface area contributed by atoms with Gasteiger partial charge in [-0.2, -0.15) is 0 Å². The maximum atomic E-state index is 13.0. The van der Waals surface area contributed by atoms with Crippen molar-refractivity contribution in [2.45, 2.75) is 32.8 Å². The van der Waals surface area contributed by atoms with Gasteiger partial charge < -0.3 is 5.11 Å². The molecule has 0 bridgehead atoms. The van der Waals surface area contributed by atoms with Gasteiger partial charge >= 0.3 is 0 Å². The number of hydrogen-bond acceptors (Lipinski definition) is 4. The van der Waals surface area contributed by atoms with Crippen LogP contribution in [-0.4, -0.2) is 52.9 Å². The normalized spacial score (nSPS) is 16.5. The van der Waals surface area contributed by atoms with Crippen molar-refractivity contribution in [2.24, 2.45) is 5.92 Å². The predicted octanol–water partition coefficient (Wildman–Crippen LogP) is 1.97. The molecule has 1 fully saturated rings. The van der Waals surface area contributed by atoms with Crippen LogP contribution < -0.4 is 0 Å². The number of carbonyl (C=O) groups is 2. The minimum absolute atomic E-state index is 0.122. The van der Waals surface area contributed by atoms with Gasteiger partial charge in [-0.3, -0.25) is 19.4 Å². The average molecular weight is 336 g/mol. The second kappa shape index (κ2) is 8.35. The first-order valence-corrected chi connectivity index (χ1v) is 8.36. The lowest BCUT2D eigenvalue weighted by molar-refractivity contribution is -0.138. The van der Waals surface area contributed by atoms with E-state index in [1.54, 1.807) is 12.1 Å². The van der Waals surface area contributed by atoms with Gasteiger partial charge in [0.2, 0.25) is 11.8 Å². The van der Waals surface area contributed by atoms with Gasteiger partial charge in [0.25, 0.3) is 0 Å². The van der Waals surface area contributed by atoms with Crippen molar-refractivity contribution in [3.8, 4) is 0 Å². The number of carbonyl (C=O) groups excluding carboxylic acids is 2. The molecule has 132 valence electrons. The van der Waals surface area contributed by atoms with Gasteiger partial charge in [0.15, 0.2) is 0 Å². The van der Waals surface area contributed by atoms with E-state index in [0.717, 1.165) is 6.54 Å². The molecule has 6 heteroatoms. The fraction of sp³-hybridized carbons (Fsp3) is 0.556. The van der Waals surface area contributed by atoms with Gasteiger partial charge in [0.1, 0.15) is 5.82 Å². The molecule has 1 atom stereocenters. The van der Waals surface area contributed by atoms with Crippen molar-refractivity contribution in [1.29, 1.82) is 0 Å². The van der Waals surface area contributed by atoms with Crippen molar-refractivity contribution in [3.63, 3.8) is 0 Å². The number of nitrogens with zero attached hydrogens (tertiary/aromatic N) is 2.